The number of carbonyl (C=O) groups is 1. The zero-order valence-electron chi connectivity index (χ0n) is 22.3. The molecule has 5 rings (SSSR count). The number of aromatic nitrogens is 2. The van der Waals surface area contributed by atoms with Crippen LogP contribution < -0.4 is 0 Å². The fraction of sp³-hybridized carbons (Fsp3) is 0.355. The van der Waals surface area contributed by atoms with Crippen molar-refractivity contribution in [3.63, 3.8) is 0 Å². The van der Waals surface area contributed by atoms with Gasteiger partial charge in [-0.1, -0.05) is 72.8 Å². The molecule has 3 unspecified atom stereocenters. The standard InChI is InChI=1S/C31H33F3N4O2/c1-22(36(20-23-10-4-2-5-11-23)21-24-12-6-3-7-13-24)18-26-19-25(16-17-37(26)30(39)40)38-28-15-9-8-14-27(28)35-29(38)31(32,33)34/h2-15,22,25-26H,16-21H2,1H3,(H,39,40). The van der Waals surface area contributed by atoms with E-state index < -0.39 is 30.2 Å². The van der Waals surface area contributed by atoms with Crippen LogP contribution >= 0.6 is 0 Å². The van der Waals surface area contributed by atoms with Gasteiger partial charge in [0.25, 0.3) is 0 Å². The summed E-state index contributed by atoms with van der Waals surface area (Å²) in [5.74, 6) is -0.927. The lowest BCUT2D eigenvalue weighted by Gasteiger charge is -2.41. The summed E-state index contributed by atoms with van der Waals surface area (Å²) >= 11 is 0. The third-order valence-electron chi connectivity index (χ3n) is 7.84. The smallest absolute Gasteiger partial charge is 0.449 e. The predicted molar refractivity (Wildman–Crippen MR) is 148 cm³/mol. The van der Waals surface area contributed by atoms with Crippen molar-refractivity contribution < 1.29 is 23.1 Å². The molecule has 1 amide bonds. The van der Waals surface area contributed by atoms with Crippen LogP contribution in [0, 0.1) is 0 Å². The van der Waals surface area contributed by atoms with E-state index in [0.717, 1.165) is 11.1 Å². The van der Waals surface area contributed by atoms with Gasteiger partial charge >= 0.3 is 12.3 Å². The topological polar surface area (TPSA) is 61.6 Å². The van der Waals surface area contributed by atoms with Crippen molar-refractivity contribution in [2.75, 3.05) is 6.54 Å². The summed E-state index contributed by atoms with van der Waals surface area (Å²) in [7, 11) is 0. The molecule has 9 heteroatoms. The zero-order valence-corrected chi connectivity index (χ0v) is 22.3. The highest BCUT2D eigenvalue weighted by Crippen LogP contribution is 2.39. The number of benzene rings is 3. The van der Waals surface area contributed by atoms with Gasteiger partial charge in [0.05, 0.1) is 11.0 Å². The van der Waals surface area contributed by atoms with Gasteiger partial charge in [-0.25, -0.2) is 9.78 Å². The second kappa shape index (κ2) is 11.7. The summed E-state index contributed by atoms with van der Waals surface area (Å²) in [4.78, 5) is 19.9. The second-order valence-corrected chi connectivity index (χ2v) is 10.6. The van der Waals surface area contributed by atoms with Crippen LogP contribution in [-0.2, 0) is 19.3 Å². The first-order valence-corrected chi connectivity index (χ1v) is 13.6. The number of hydrogen-bond donors (Lipinski definition) is 1. The number of para-hydroxylation sites is 2. The van der Waals surface area contributed by atoms with Crippen LogP contribution in [0.5, 0.6) is 0 Å². The van der Waals surface area contributed by atoms with E-state index in [1.807, 2.05) is 36.4 Å². The largest absolute Gasteiger partial charge is 0.465 e. The Balaban J connectivity index is 1.43. The average molecular weight is 551 g/mol. The van der Waals surface area contributed by atoms with E-state index >= 15 is 0 Å². The van der Waals surface area contributed by atoms with E-state index in [1.54, 1.807) is 24.3 Å². The van der Waals surface area contributed by atoms with Gasteiger partial charge in [0.1, 0.15) is 0 Å². The number of hydrogen-bond acceptors (Lipinski definition) is 3. The first kappa shape index (κ1) is 27.7. The Morgan fingerprint density at radius 3 is 2.12 bits per heavy atom. The summed E-state index contributed by atoms with van der Waals surface area (Å²) in [5, 5.41) is 10.0. The van der Waals surface area contributed by atoms with Crippen molar-refractivity contribution in [1.29, 1.82) is 0 Å². The van der Waals surface area contributed by atoms with Crippen molar-refractivity contribution in [2.24, 2.45) is 0 Å². The molecule has 3 atom stereocenters. The molecule has 2 heterocycles. The second-order valence-electron chi connectivity index (χ2n) is 10.6. The van der Waals surface area contributed by atoms with Crippen LogP contribution in [-0.4, -0.2) is 49.2 Å². The minimum atomic E-state index is -4.62. The molecule has 6 nitrogen and oxygen atoms in total. The fourth-order valence-corrected chi connectivity index (χ4v) is 5.90. The first-order valence-electron chi connectivity index (χ1n) is 13.6. The van der Waals surface area contributed by atoms with Crippen molar-refractivity contribution in [3.8, 4) is 0 Å². The van der Waals surface area contributed by atoms with E-state index in [-0.39, 0.29) is 24.5 Å². The Bertz CT molecular complexity index is 1380. The number of rotatable bonds is 8. The molecule has 1 saturated heterocycles. The van der Waals surface area contributed by atoms with Crippen molar-refractivity contribution in [3.05, 3.63) is 102 Å². The monoisotopic (exact) mass is 550 g/mol. The van der Waals surface area contributed by atoms with Crippen LogP contribution in [0.1, 0.15) is 49.2 Å². The molecule has 210 valence electrons. The third-order valence-corrected chi connectivity index (χ3v) is 7.84. The van der Waals surface area contributed by atoms with Crippen LogP contribution in [0.3, 0.4) is 0 Å². The summed E-state index contributed by atoms with van der Waals surface area (Å²) in [6, 6.07) is 25.8. The molecule has 3 aromatic carbocycles. The van der Waals surface area contributed by atoms with Gasteiger partial charge in [-0.05, 0) is 49.4 Å². The molecule has 0 spiro atoms. The predicted octanol–water partition coefficient (Wildman–Crippen LogP) is 7.22. The Labute approximate surface area is 231 Å². The van der Waals surface area contributed by atoms with Gasteiger partial charge in [-0.15, -0.1) is 0 Å². The minimum absolute atomic E-state index is 0.0346. The molecule has 4 aromatic rings. The lowest BCUT2D eigenvalue weighted by molar-refractivity contribution is -0.148. The molecule has 0 aliphatic carbocycles. The van der Waals surface area contributed by atoms with E-state index in [2.05, 4.69) is 41.1 Å². The van der Waals surface area contributed by atoms with E-state index in [9.17, 15) is 23.1 Å². The number of alkyl halides is 3. The lowest BCUT2D eigenvalue weighted by Crippen LogP contribution is -2.49. The molecule has 1 aliphatic rings. The normalized spacial score (nSPS) is 18.8. The minimum Gasteiger partial charge on any atom is -0.465 e. The molecule has 0 radical (unpaired) electrons. The van der Waals surface area contributed by atoms with Gasteiger partial charge in [0.2, 0.25) is 5.82 Å². The fourth-order valence-electron chi connectivity index (χ4n) is 5.90. The highest BCUT2D eigenvalue weighted by Gasteiger charge is 2.42. The maximum Gasteiger partial charge on any atom is 0.449 e. The van der Waals surface area contributed by atoms with Gasteiger partial charge in [0.15, 0.2) is 0 Å². The molecule has 1 aromatic heterocycles. The number of halogens is 3. The lowest BCUT2D eigenvalue weighted by atomic mass is 9.91. The molecule has 0 bridgehead atoms. The third kappa shape index (κ3) is 6.14. The SMILES string of the molecule is CC(CC1CC(n2c(C(F)(F)F)nc3ccccc32)CCN1C(=O)O)N(Cc1ccccc1)Cc1ccccc1. The molecule has 1 aliphatic heterocycles. The van der Waals surface area contributed by atoms with E-state index in [1.165, 1.54) is 9.47 Å². The molecule has 1 fully saturated rings. The zero-order chi connectivity index (χ0) is 28.3. The van der Waals surface area contributed by atoms with Gasteiger partial charge in [-0.2, -0.15) is 13.2 Å². The Morgan fingerprint density at radius 1 is 0.975 bits per heavy atom. The summed E-state index contributed by atoms with van der Waals surface area (Å²) in [6.07, 6.45) is -4.59. The number of amides is 1. The molecule has 40 heavy (non-hydrogen) atoms. The highest BCUT2D eigenvalue weighted by atomic mass is 19.4. The molecular weight excluding hydrogens is 517 g/mol. The van der Waals surface area contributed by atoms with Crippen molar-refractivity contribution in [1.82, 2.24) is 19.4 Å². The molecule has 0 saturated carbocycles. The number of nitrogens with zero attached hydrogens (tertiary/aromatic N) is 4. The Hall–Kier alpha value is -3.85. The van der Waals surface area contributed by atoms with Gasteiger partial charge in [0, 0.05) is 37.8 Å². The quantitative estimate of drug-likeness (QED) is 0.252. The average Bonchev–Trinajstić information content (AvgIpc) is 3.34. The number of imidazole rings is 1. The van der Waals surface area contributed by atoms with Crippen LogP contribution in [0.4, 0.5) is 18.0 Å². The summed E-state index contributed by atoms with van der Waals surface area (Å²) in [6.45, 7) is 3.58. The van der Waals surface area contributed by atoms with Crippen molar-refractivity contribution in [2.45, 2.75) is 63.6 Å². The summed E-state index contributed by atoms with van der Waals surface area (Å²) in [5.41, 5.74) is 2.99. The van der Waals surface area contributed by atoms with E-state index in [0.29, 0.717) is 31.4 Å². The molecule has 1 N–H and O–H groups in total. The van der Waals surface area contributed by atoms with Gasteiger partial charge in [-0.3, -0.25) is 4.90 Å². The van der Waals surface area contributed by atoms with Crippen LogP contribution in [0.2, 0.25) is 0 Å². The Morgan fingerprint density at radius 2 is 1.55 bits per heavy atom. The number of carboxylic acid groups (broad SMARTS) is 1. The molecular formula is C31H33F3N4O2. The first-order chi connectivity index (χ1) is 19.2. The van der Waals surface area contributed by atoms with E-state index in [4.69, 9.17) is 0 Å². The maximum atomic E-state index is 14.1. The number of piperidine rings is 1. The number of likely N-dealkylation sites (tertiary alicyclic amines) is 1. The number of fused-ring (bicyclic) bond motifs is 1. The van der Waals surface area contributed by atoms with Crippen LogP contribution in [0.25, 0.3) is 11.0 Å². The van der Waals surface area contributed by atoms with Crippen molar-refractivity contribution >= 4 is 17.1 Å². The highest BCUT2D eigenvalue weighted by molar-refractivity contribution is 5.76. The van der Waals surface area contributed by atoms with Crippen LogP contribution in [0.15, 0.2) is 84.9 Å². The Kier molecular flexibility index (Phi) is 8.12. The maximum absolute atomic E-state index is 14.1. The summed E-state index contributed by atoms with van der Waals surface area (Å²) < 4.78 is 43.5. The van der Waals surface area contributed by atoms with Gasteiger partial charge < -0.3 is 14.6 Å².